The molecule has 0 unspecified atom stereocenters. The van der Waals surface area contributed by atoms with Gasteiger partial charge in [-0.25, -0.2) is 0 Å². The van der Waals surface area contributed by atoms with Crippen molar-refractivity contribution in [2.24, 2.45) is 5.41 Å². The topological polar surface area (TPSA) is 57.5 Å². The summed E-state index contributed by atoms with van der Waals surface area (Å²) in [4.78, 5) is 11.6. The second-order valence-corrected chi connectivity index (χ2v) is 4.80. The lowest BCUT2D eigenvalue weighted by Crippen LogP contribution is -2.29. The summed E-state index contributed by atoms with van der Waals surface area (Å²) in [6.07, 6.45) is 5.25. The van der Waals surface area contributed by atoms with Crippen LogP contribution in [0.25, 0.3) is 0 Å². The zero-order valence-electron chi connectivity index (χ0n) is 10.1. The molecular weight excluding hydrogens is 191 g/mol. The molecule has 15 heavy (non-hydrogen) atoms. The van der Waals surface area contributed by atoms with Gasteiger partial charge in [-0.2, -0.15) is 0 Å². The van der Waals surface area contributed by atoms with Gasteiger partial charge < -0.3 is 10.0 Å². The average Bonchev–Trinajstić information content (AvgIpc) is 2.11. The van der Waals surface area contributed by atoms with Crippen molar-refractivity contribution >= 4 is 12.9 Å². The Balaban J connectivity index is 3.88. The molecule has 0 atom stereocenters. The lowest BCUT2D eigenvalue weighted by Gasteiger charge is -2.22. The van der Waals surface area contributed by atoms with Gasteiger partial charge in [0, 0.05) is 11.7 Å². The molecule has 3 nitrogen and oxygen atoms in total. The molecule has 0 fully saturated rings. The molecule has 0 spiro atoms. The quantitative estimate of drug-likeness (QED) is 0.480. The minimum Gasteiger partial charge on any atom is -0.427 e. The second kappa shape index (κ2) is 7.02. The molecule has 2 N–H and O–H groups in total. The van der Waals surface area contributed by atoms with Crippen LogP contribution in [-0.4, -0.2) is 22.9 Å². The molecule has 0 aliphatic heterocycles. The smallest absolute Gasteiger partial charge is 0.427 e. The summed E-state index contributed by atoms with van der Waals surface area (Å²) in [7, 11) is -1.51. The van der Waals surface area contributed by atoms with Gasteiger partial charge in [-0.1, -0.05) is 46.5 Å². The van der Waals surface area contributed by atoms with Gasteiger partial charge in [0.1, 0.15) is 5.78 Å². The van der Waals surface area contributed by atoms with E-state index < -0.39 is 12.5 Å². The lowest BCUT2D eigenvalue weighted by atomic mass is 9.72. The van der Waals surface area contributed by atoms with Crippen molar-refractivity contribution < 1.29 is 14.8 Å². The fourth-order valence-corrected chi connectivity index (χ4v) is 1.58. The van der Waals surface area contributed by atoms with Gasteiger partial charge in [0.05, 0.1) is 0 Å². The Bertz CT molecular complexity index is 190. The number of carbonyl (C=O) groups excluding carboxylic acids is 1. The number of hydrogen-bond donors (Lipinski definition) is 2. The monoisotopic (exact) mass is 214 g/mol. The molecule has 0 radical (unpaired) electrons. The van der Waals surface area contributed by atoms with Crippen LogP contribution < -0.4 is 0 Å². The molecular formula is C11H23BO3. The van der Waals surface area contributed by atoms with Gasteiger partial charge in [-0.15, -0.1) is 0 Å². The first kappa shape index (κ1) is 14.7. The summed E-state index contributed by atoms with van der Waals surface area (Å²) in [6, 6.07) is 0. The van der Waals surface area contributed by atoms with Crippen LogP contribution in [0.1, 0.15) is 52.9 Å². The highest BCUT2D eigenvalue weighted by atomic mass is 16.4. The third kappa shape index (κ3) is 6.69. The summed E-state index contributed by atoms with van der Waals surface area (Å²) in [5.74, 6) is -0.0611. The largest absolute Gasteiger partial charge is 0.459 e. The van der Waals surface area contributed by atoms with Crippen molar-refractivity contribution in [3.05, 3.63) is 0 Å². The van der Waals surface area contributed by atoms with Crippen LogP contribution in [0.2, 0.25) is 6.32 Å². The highest BCUT2D eigenvalue weighted by Crippen LogP contribution is 2.26. The Morgan fingerprint density at radius 3 is 2.27 bits per heavy atom. The summed E-state index contributed by atoms with van der Waals surface area (Å²) < 4.78 is 0. The van der Waals surface area contributed by atoms with Crippen molar-refractivity contribution in [2.45, 2.75) is 59.2 Å². The van der Waals surface area contributed by atoms with E-state index in [1.807, 2.05) is 13.8 Å². The molecule has 0 aromatic heterocycles. The van der Waals surface area contributed by atoms with Crippen molar-refractivity contribution in [3.63, 3.8) is 0 Å². The van der Waals surface area contributed by atoms with E-state index in [4.69, 9.17) is 10.0 Å². The normalized spacial score (nSPS) is 11.5. The zero-order valence-corrected chi connectivity index (χ0v) is 10.1. The van der Waals surface area contributed by atoms with Crippen LogP contribution in [0.5, 0.6) is 0 Å². The van der Waals surface area contributed by atoms with Crippen LogP contribution in [-0.2, 0) is 4.79 Å². The predicted octanol–water partition coefficient (Wildman–Crippen LogP) is 2.02. The Morgan fingerprint density at radius 1 is 1.20 bits per heavy atom. The summed E-state index contributed by atoms with van der Waals surface area (Å²) >= 11 is 0. The minimum atomic E-state index is -1.51. The highest BCUT2D eigenvalue weighted by Gasteiger charge is 2.29. The Hall–Kier alpha value is -0.345. The molecule has 88 valence electrons. The average molecular weight is 214 g/mol. The molecule has 0 saturated heterocycles. The molecule has 0 aromatic rings. The van der Waals surface area contributed by atoms with Crippen molar-refractivity contribution in [1.82, 2.24) is 0 Å². The van der Waals surface area contributed by atoms with E-state index in [0.717, 1.165) is 19.3 Å². The van der Waals surface area contributed by atoms with Crippen LogP contribution in [0.3, 0.4) is 0 Å². The molecule has 0 aliphatic carbocycles. The van der Waals surface area contributed by atoms with Gasteiger partial charge in [0.2, 0.25) is 0 Å². The second-order valence-electron chi connectivity index (χ2n) is 4.80. The van der Waals surface area contributed by atoms with Crippen LogP contribution in [0.15, 0.2) is 0 Å². The molecule has 0 amide bonds. The van der Waals surface area contributed by atoms with Crippen LogP contribution in [0.4, 0.5) is 0 Å². The molecule has 0 aliphatic rings. The van der Waals surface area contributed by atoms with Crippen LogP contribution in [0, 0.1) is 5.41 Å². The van der Waals surface area contributed by atoms with Gasteiger partial charge in [-0.3, -0.25) is 4.79 Å². The maximum atomic E-state index is 11.6. The van der Waals surface area contributed by atoms with Gasteiger partial charge in [0.15, 0.2) is 0 Å². The standard InChI is InChI=1S/C11H23BO3/c1-4-5-6-7-8-11(2,3)10(13)9-12(14)15/h14-15H,4-9H2,1-3H3. The third-order valence-electron chi connectivity index (χ3n) is 2.78. The predicted molar refractivity (Wildman–Crippen MR) is 62.5 cm³/mol. The first-order valence-corrected chi connectivity index (χ1v) is 5.79. The number of Topliss-reactive ketones (excluding diaryl/α,β-unsaturated/α-hetero) is 1. The first-order chi connectivity index (χ1) is 6.90. The van der Waals surface area contributed by atoms with Gasteiger partial charge in [0.25, 0.3) is 0 Å². The van der Waals surface area contributed by atoms with Gasteiger partial charge >= 0.3 is 7.12 Å². The summed E-state index contributed by atoms with van der Waals surface area (Å²) in [6.45, 7) is 5.91. The van der Waals surface area contributed by atoms with E-state index >= 15 is 0 Å². The maximum absolute atomic E-state index is 11.6. The molecule has 0 aromatic carbocycles. The SMILES string of the molecule is CCCCCCC(C)(C)C(=O)CB(O)O. The maximum Gasteiger partial charge on any atom is 0.459 e. The van der Waals surface area contributed by atoms with E-state index in [1.54, 1.807) is 0 Å². The van der Waals surface area contributed by atoms with E-state index in [0.29, 0.717) is 0 Å². The fourth-order valence-electron chi connectivity index (χ4n) is 1.58. The van der Waals surface area contributed by atoms with E-state index in [9.17, 15) is 4.79 Å². The number of ketones is 1. The number of hydrogen-bond acceptors (Lipinski definition) is 3. The number of rotatable bonds is 8. The van der Waals surface area contributed by atoms with Crippen molar-refractivity contribution in [2.75, 3.05) is 0 Å². The minimum absolute atomic E-state index is 0.0611. The summed E-state index contributed by atoms with van der Waals surface area (Å²) in [5, 5.41) is 17.5. The molecule has 0 heterocycles. The van der Waals surface area contributed by atoms with E-state index in [2.05, 4.69) is 6.92 Å². The zero-order chi connectivity index (χ0) is 11.9. The molecule has 0 saturated carbocycles. The number of carbonyl (C=O) groups is 1. The van der Waals surface area contributed by atoms with Gasteiger partial charge in [-0.05, 0) is 6.42 Å². The molecule has 4 heteroatoms. The first-order valence-electron chi connectivity index (χ1n) is 5.79. The lowest BCUT2D eigenvalue weighted by molar-refractivity contribution is -0.125. The van der Waals surface area contributed by atoms with Crippen molar-refractivity contribution in [3.8, 4) is 0 Å². The highest BCUT2D eigenvalue weighted by molar-refractivity contribution is 6.46. The van der Waals surface area contributed by atoms with E-state index in [-0.39, 0.29) is 12.1 Å². The Morgan fingerprint density at radius 2 is 1.80 bits per heavy atom. The molecule has 0 bridgehead atoms. The fraction of sp³-hybridized carbons (Fsp3) is 0.909. The Kier molecular flexibility index (Phi) is 6.85. The summed E-state index contributed by atoms with van der Waals surface area (Å²) in [5.41, 5.74) is -0.419. The van der Waals surface area contributed by atoms with E-state index in [1.165, 1.54) is 12.8 Å². The third-order valence-corrected chi connectivity index (χ3v) is 2.78. The van der Waals surface area contributed by atoms with Crippen LogP contribution >= 0.6 is 0 Å². The Labute approximate surface area is 93.0 Å². The van der Waals surface area contributed by atoms with Crippen molar-refractivity contribution in [1.29, 1.82) is 0 Å². The molecule has 0 rings (SSSR count). The number of unbranched alkanes of at least 4 members (excludes halogenated alkanes) is 3.